The summed E-state index contributed by atoms with van der Waals surface area (Å²) >= 11 is 0. The predicted octanol–water partition coefficient (Wildman–Crippen LogP) is 3.50. The molecule has 4 heterocycles. The van der Waals surface area contributed by atoms with Gasteiger partial charge in [0.05, 0.1) is 19.9 Å². The molecule has 10 nitrogen and oxygen atoms in total. The van der Waals surface area contributed by atoms with Crippen LogP contribution in [0.2, 0.25) is 0 Å². The zero-order valence-electron chi connectivity index (χ0n) is 21.8. The van der Waals surface area contributed by atoms with Crippen LogP contribution in [0, 0.1) is 17.6 Å². The molecule has 0 spiro atoms. The van der Waals surface area contributed by atoms with E-state index in [-0.39, 0.29) is 17.4 Å². The zero-order chi connectivity index (χ0) is 26.8. The van der Waals surface area contributed by atoms with E-state index in [1.54, 1.807) is 6.20 Å². The molecule has 2 aliphatic rings. The number of benzene rings is 1. The van der Waals surface area contributed by atoms with Crippen molar-refractivity contribution in [2.75, 3.05) is 49.7 Å². The first-order valence-corrected chi connectivity index (χ1v) is 12.9. The lowest BCUT2D eigenvalue weighted by molar-refractivity contribution is 0.210. The lowest BCUT2D eigenvalue weighted by Crippen LogP contribution is -2.35. The maximum absolute atomic E-state index is 14.4. The number of aromatic nitrogens is 4. The molecule has 2 aliphatic heterocycles. The van der Waals surface area contributed by atoms with Gasteiger partial charge in [0, 0.05) is 44.1 Å². The van der Waals surface area contributed by atoms with Gasteiger partial charge >= 0.3 is 6.01 Å². The van der Waals surface area contributed by atoms with Crippen LogP contribution < -0.4 is 25.0 Å². The number of methoxy groups -OCH3 is 1. The van der Waals surface area contributed by atoms with E-state index in [2.05, 4.69) is 25.0 Å². The van der Waals surface area contributed by atoms with E-state index in [1.807, 2.05) is 18.7 Å². The molecule has 12 heteroatoms. The normalized spacial score (nSPS) is 20.4. The van der Waals surface area contributed by atoms with E-state index in [0.29, 0.717) is 55.0 Å². The molecule has 0 amide bonds. The van der Waals surface area contributed by atoms with Gasteiger partial charge in [0.1, 0.15) is 11.6 Å². The van der Waals surface area contributed by atoms with Gasteiger partial charge in [-0.3, -0.25) is 0 Å². The molecule has 204 valence electrons. The fraction of sp³-hybridized carbons (Fsp3) is 0.538. The van der Waals surface area contributed by atoms with Crippen molar-refractivity contribution in [3.63, 3.8) is 0 Å². The third-order valence-electron chi connectivity index (χ3n) is 7.22. The number of rotatable bonds is 8. The van der Waals surface area contributed by atoms with Gasteiger partial charge < -0.3 is 29.5 Å². The van der Waals surface area contributed by atoms with Crippen LogP contribution in [0.15, 0.2) is 28.9 Å². The minimum atomic E-state index is -0.493. The molecule has 0 radical (unpaired) electrons. The SMILES string of the molecule is COc1nc(N2C[C@H](c3cc(F)ccc3F)[C@@H](N)C2)ncc1OCC1CCN(c2nc(C(C)C)no2)CC1. The standard InChI is InChI=1S/C26H33F2N7O3/c1-15(2)23-31-26(38-33-23)34-8-6-16(7-9-34)14-37-22-11-30-25(32-24(22)36-3)35-12-19(21(29)13-35)18-10-17(27)4-5-20(18)28/h4-5,10-11,15-16,19,21H,6-9,12-14,29H2,1-3H3/t19-,21+/m1/s1. The minimum Gasteiger partial charge on any atom is -0.486 e. The second-order valence-electron chi connectivity index (χ2n) is 10.2. The molecular formula is C26H33F2N7O3. The molecule has 5 rings (SSSR count). The number of halogens is 2. The summed E-state index contributed by atoms with van der Waals surface area (Å²) in [6, 6.07) is 3.61. The fourth-order valence-corrected chi connectivity index (χ4v) is 4.95. The number of hydrogen-bond acceptors (Lipinski definition) is 10. The van der Waals surface area contributed by atoms with Crippen molar-refractivity contribution in [3.8, 4) is 11.6 Å². The summed E-state index contributed by atoms with van der Waals surface area (Å²) in [7, 11) is 1.52. The van der Waals surface area contributed by atoms with E-state index in [1.165, 1.54) is 13.2 Å². The van der Waals surface area contributed by atoms with Gasteiger partial charge in [-0.15, -0.1) is 0 Å². The molecule has 0 bridgehead atoms. The number of piperidine rings is 1. The van der Waals surface area contributed by atoms with Crippen molar-refractivity contribution < 1.29 is 22.8 Å². The molecule has 2 saturated heterocycles. The van der Waals surface area contributed by atoms with E-state index >= 15 is 0 Å². The Morgan fingerprint density at radius 1 is 1.13 bits per heavy atom. The smallest absolute Gasteiger partial charge is 0.324 e. The molecular weight excluding hydrogens is 496 g/mol. The molecule has 2 aromatic heterocycles. The van der Waals surface area contributed by atoms with Crippen LogP contribution in [0.1, 0.15) is 49.9 Å². The summed E-state index contributed by atoms with van der Waals surface area (Å²) in [6.45, 7) is 6.96. The van der Waals surface area contributed by atoms with Gasteiger partial charge in [-0.1, -0.05) is 19.0 Å². The van der Waals surface area contributed by atoms with E-state index in [0.717, 1.165) is 38.1 Å². The quantitative estimate of drug-likeness (QED) is 0.465. The van der Waals surface area contributed by atoms with Crippen molar-refractivity contribution >= 4 is 12.0 Å². The van der Waals surface area contributed by atoms with Crippen LogP contribution >= 0.6 is 0 Å². The van der Waals surface area contributed by atoms with Crippen molar-refractivity contribution in [2.45, 2.75) is 44.6 Å². The van der Waals surface area contributed by atoms with E-state index < -0.39 is 17.7 Å². The molecule has 0 saturated carbocycles. The highest BCUT2D eigenvalue weighted by Gasteiger charge is 2.35. The van der Waals surface area contributed by atoms with E-state index in [4.69, 9.17) is 19.7 Å². The molecule has 2 fully saturated rings. The third kappa shape index (κ3) is 5.50. The number of hydrogen-bond donors (Lipinski definition) is 1. The molecule has 0 unspecified atom stereocenters. The first kappa shape index (κ1) is 26.1. The molecule has 1 aromatic carbocycles. The predicted molar refractivity (Wildman–Crippen MR) is 137 cm³/mol. The average Bonchev–Trinajstić information content (AvgIpc) is 3.57. The van der Waals surface area contributed by atoms with E-state index in [9.17, 15) is 8.78 Å². The molecule has 0 aliphatic carbocycles. The van der Waals surface area contributed by atoms with Crippen LogP contribution in [0.25, 0.3) is 0 Å². The second-order valence-corrected chi connectivity index (χ2v) is 10.2. The maximum Gasteiger partial charge on any atom is 0.324 e. The number of anilines is 2. The van der Waals surface area contributed by atoms with Crippen LogP contribution in [0.5, 0.6) is 11.6 Å². The lowest BCUT2D eigenvalue weighted by atomic mass is 9.94. The Kier molecular flexibility index (Phi) is 7.59. The van der Waals surface area contributed by atoms with Crippen molar-refractivity contribution in [1.82, 2.24) is 20.1 Å². The van der Waals surface area contributed by atoms with Crippen molar-refractivity contribution in [1.29, 1.82) is 0 Å². The fourth-order valence-electron chi connectivity index (χ4n) is 4.95. The van der Waals surface area contributed by atoms with Gasteiger partial charge in [-0.25, -0.2) is 13.8 Å². The van der Waals surface area contributed by atoms with Crippen molar-refractivity contribution in [2.24, 2.45) is 11.7 Å². The summed E-state index contributed by atoms with van der Waals surface area (Å²) < 4.78 is 45.0. The Hall–Kier alpha value is -3.54. The first-order chi connectivity index (χ1) is 18.3. The largest absolute Gasteiger partial charge is 0.486 e. The minimum absolute atomic E-state index is 0.224. The number of nitrogens with two attached hydrogens (primary N) is 1. The molecule has 3 aromatic rings. The van der Waals surface area contributed by atoms with Crippen molar-refractivity contribution in [3.05, 3.63) is 47.4 Å². The summed E-state index contributed by atoms with van der Waals surface area (Å²) in [5.74, 6) is 1.11. The summed E-state index contributed by atoms with van der Waals surface area (Å²) in [4.78, 5) is 17.4. The third-order valence-corrected chi connectivity index (χ3v) is 7.22. The topological polar surface area (TPSA) is 116 Å². The van der Waals surface area contributed by atoms with Gasteiger partial charge in [-0.2, -0.15) is 9.97 Å². The van der Waals surface area contributed by atoms with Crippen LogP contribution in [0.3, 0.4) is 0 Å². The lowest BCUT2D eigenvalue weighted by Gasteiger charge is -2.30. The monoisotopic (exact) mass is 529 g/mol. The number of ether oxygens (including phenoxy) is 2. The second kappa shape index (κ2) is 11.1. The molecule has 2 N–H and O–H groups in total. The van der Waals surface area contributed by atoms with Gasteiger partial charge in [0.2, 0.25) is 5.95 Å². The summed E-state index contributed by atoms with van der Waals surface area (Å²) in [6.07, 6.45) is 3.43. The molecule has 38 heavy (non-hydrogen) atoms. The highest BCUT2D eigenvalue weighted by Crippen LogP contribution is 2.33. The Morgan fingerprint density at radius 3 is 2.63 bits per heavy atom. The highest BCUT2D eigenvalue weighted by atomic mass is 19.1. The van der Waals surface area contributed by atoms with Gasteiger partial charge in [0.15, 0.2) is 11.6 Å². The Bertz CT molecular complexity index is 1250. The average molecular weight is 530 g/mol. The van der Waals surface area contributed by atoms with Crippen LogP contribution in [-0.4, -0.2) is 66.0 Å². The zero-order valence-corrected chi connectivity index (χ0v) is 21.8. The number of nitrogens with zero attached hydrogens (tertiary/aromatic N) is 6. The van der Waals surface area contributed by atoms with Gasteiger partial charge in [-0.05, 0) is 42.5 Å². The Morgan fingerprint density at radius 2 is 1.92 bits per heavy atom. The Labute approximate surface area is 220 Å². The maximum atomic E-state index is 14.4. The van der Waals surface area contributed by atoms with Crippen LogP contribution in [-0.2, 0) is 0 Å². The first-order valence-electron chi connectivity index (χ1n) is 12.9. The van der Waals surface area contributed by atoms with Crippen LogP contribution in [0.4, 0.5) is 20.7 Å². The summed E-state index contributed by atoms with van der Waals surface area (Å²) in [5.41, 5.74) is 6.55. The summed E-state index contributed by atoms with van der Waals surface area (Å²) in [5, 5.41) is 4.05. The van der Waals surface area contributed by atoms with Gasteiger partial charge in [0.25, 0.3) is 5.88 Å². The highest BCUT2D eigenvalue weighted by molar-refractivity contribution is 5.43. The Balaban J connectivity index is 1.18. The molecule has 2 atom stereocenters.